The molecule has 1 N–H and O–H groups in total. The average Bonchev–Trinajstić information content (AvgIpc) is 2.29. The molecular formula is C12H18BrNO. The second kappa shape index (κ2) is 6.85. The van der Waals surface area contributed by atoms with Crippen molar-refractivity contribution in [3.63, 3.8) is 0 Å². The van der Waals surface area contributed by atoms with E-state index in [1.54, 1.807) is 7.11 Å². The van der Waals surface area contributed by atoms with Crippen molar-refractivity contribution < 1.29 is 4.74 Å². The standard InChI is InChI=1S/C12H18BrNO/c1-3-10-4-5-12(15-2)11(8-10)6-7-14-9-13/h4-5,8,14H,3,6-7,9H2,1-2H3. The van der Waals surface area contributed by atoms with Crippen LogP contribution in [-0.2, 0) is 12.8 Å². The predicted octanol–water partition coefficient (Wildman–Crippen LogP) is 2.74. The number of rotatable bonds is 6. The number of halogens is 1. The number of hydrogen-bond acceptors (Lipinski definition) is 2. The van der Waals surface area contributed by atoms with Crippen molar-refractivity contribution in [2.24, 2.45) is 0 Å². The Hall–Kier alpha value is -0.540. The number of methoxy groups -OCH3 is 1. The van der Waals surface area contributed by atoms with Crippen LogP contribution in [0.15, 0.2) is 18.2 Å². The van der Waals surface area contributed by atoms with Gasteiger partial charge in [-0.15, -0.1) is 0 Å². The van der Waals surface area contributed by atoms with Crippen molar-refractivity contribution in [3.8, 4) is 5.75 Å². The van der Waals surface area contributed by atoms with Crippen LogP contribution in [0.25, 0.3) is 0 Å². The van der Waals surface area contributed by atoms with Crippen LogP contribution in [0.3, 0.4) is 0 Å². The van der Waals surface area contributed by atoms with Crippen LogP contribution in [0.2, 0.25) is 0 Å². The topological polar surface area (TPSA) is 21.3 Å². The van der Waals surface area contributed by atoms with Gasteiger partial charge in [-0.2, -0.15) is 0 Å². The molecule has 15 heavy (non-hydrogen) atoms. The van der Waals surface area contributed by atoms with Crippen molar-refractivity contribution >= 4 is 15.9 Å². The maximum Gasteiger partial charge on any atom is 0.122 e. The maximum absolute atomic E-state index is 5.34. The fourth-order valence-corrected chi connectivity index (χ4v) is 1.82. The second-order valence-electron chi connectivity index (χ2n) is 3.38. The average molecular weight is 272 g/mol. The van der Waals surface area contributed by atoms with E-state index in [0.717, 1.165) is 30.6 Å². The molecule has 0 aliphatic rings. The van der Waals surface area contributed by atoms with Crippen LogP contribution in [0.5, 0.6) is 5.75 Å². The smallest absolute Gasteiger partial charge is 0.122 e. The Balaban J connectivity index is 2.72. The molecule has 0 aliphatic carbocycles. The third-order valence-electron chi connectivity index (χ3n) is 2.42. The quantitative estimate of drug-likeness (QED) is 0.488. The van der Waals surface area contributed by atoms with Gasteiger partial charge in [0.05, 0.1) is 12.6 Å². The molecule has 0 unspecified atom stereocenters. The largest absolute Gasteiger partial charge is 0.496 e. The van der Waals surface area contributed by atoms with Gasteiger partial charge in [-0.1, -0.05) is 35.0 Å². The third kappa shape index (κ3) is 3.84. The Labute approximate surface area is 100 Å². The monoisotopic (exact) mass is 271 g/mol. The number of nitrogens with one attached hydrogen (secondary N) is 1. The summed E-state index contributed by atoms with van der Waals surface area (Å²) >= 11 is 3.34. The van der Waals surface area contributed by atoms with Crippen LogP contribution in [0.4, 0.5) is 0 Å². The van der Waals surface area contributed by atoms with Gasteiger partial charge in [0.1, 0.15) is 5.75 Å². The lowest BCUT2D eigenvalue weighted by Crippen LogP contribution is -2.14. The molecule has 0 saturated carbocycles. The van der Waals surface area contributed by atoms with Crippen LogP contribution >= 0.6 is 15.9 Å². The van der Waals surface area contributed by atoms with Gasteiger partial charge < -0.3 is 10.1 Å². The molecule has 0 saturated heterocycles. The summed E-state index contributed by atoms with van der Waals surface area (Å²) in [5.74, 6) is 0.989. The maximum atomic E-state index is 5.34. The SMILES string of the molecule is CCc1ccc(OC)c(CCNCBr)c1. The van der Waals surface area contributed by atoms with E-state index in [4.69, 9.17) is 4.74 Å². The highest BCUT2D eigenvalue weighted by molar-refractivity contribution is 9.09. The molecule has 2 nitrogen and oxygen atoms in total. The number of hydrogen-bond donors (Lipinski definition) is 1. The number of alkyl halides is 1. The zero-order valence-electron chi connectivity index (χ0n) is 9.35. The molecule has 0 heterocycles. The van der Waals surface area contributed by atoms with Crippen LogP contribution < -0.4 is 10.1 Å². The van der Waals surface area contributed by atoms with Gasteiger partial charge in [-0.25, -0.2) is 0 Å². The van der Waals surface area contributed by atoms with Gasteiger partial charge in [0.15, 0.2) is 0 Å². The first-order valence-corrected chi connectivity index (χ1v) is 6.36. The molecule has 1 aromatic carbocycles. The van der Waals surface area contributed by atoms with Crippen LogP contribution in [-0.4, -0.2) is 19.1 Å². The molecular weight excluding hydrogens is 254 g/mol. The molecule has 0 amide bonds. The number of ether oxygens (including phenoxy) is 1. The molecule has 0 aliphatic heterocycles. The minimum absolute atomic E-state index is 0.836. The highest BCUT2D eigenvalue weighted by Gasteiger charge is 2.03. The molecule has 0 fully saturated rings. The molecule has 0 bridgehead atoms. The highest BCUT2D eigenvalue weighted by atomic mass is 79.9. The van der Waals surface area contributed by atoms with Gasteiger partial charge in [-0.05, 0) is 30.0 Å². The Morgan fingerprint density at radius 3 is 2.80 bits per heavy atom. The lowest BCUT2D eigenvalue weighted by atomic mass is 10.1. The van der Waals surface area contributed by atoms with Gasteiger partial charge in [0, 0.05) is 6.54 Å². The molecule has 1 aromatic rings. The van der Waals surface area contributed by atoms with Crippen molar-refractivity contribution in [1.29, 1.82) is 0 Å². The first-order chi connectivity index (χ1) is 7.31. The van der Waals surface area contributed by atoms with Gasteiger partial charge in [0.2, 0.25) is 0 Å². The number of aryl methyl sites for hydroxylation is 1. The summed E-state index contributed by atoms with van der Waals surface area (Å²) in [7, 11) is 1.72. The minimum atomic E-state index is 0.836. The summed E-state index contributed by atoms with van der Waals surface area (Å²) in [6, 6.07) is 6.41. The van der Waals surface area contributed by atoms with E-state index in [2.05, 4.69) is 46.4 Å². The van der Waals surface area contributed by atoms with E-state index in [0.29, 0.717) is 0 Å². The first-order valence-electron chi connectivity index (χ1n) is 5.24. The van der Waals surface area contributed by atoms with Crippen LogP contribution in [0, 0.1) is 0 Å². The third-order valence-corrected chi connectivity index (χ3v) is 2.82. The zero-order valence-corrected chi connectivity index (χ0v) is 10.9. The van der Waals surface area contributed by atoms with E-state index >= 15 is 0 Å². The lowest BCUT2D eigenvalue weighted by Gasteiger charge is -2.10. The zero-order chi connectivity index (χ0) is 11.1. The van der Waals surface area contributed by atoms with Crippen molar-refractivity contribution in [3.05, 3.63) is 29.3 Å². The molecule has 1 rings (SSSR count). The summed E-state index contributed by atoms with van der Waals surface area (Å²) in [5.41, 5.74) is 3.48. The molecule has 0 atom stereocenters. The molecule has 0 aromatic heterocycles. The molecule has 0 spiro atoms. The summed E-state index contributed by atoms with van der Waals surface area (Å²) in [6.07, 6.45) is 2.07. The Morgan fingerprint density at radius 1 is 1.40 bits per heavy atom. The Bertz CT molecular complexity index is 302. The molecule has 3 heteroatoms. The summed E-state index contributed by atoms with van der Waals surface area (Å²) in [5, 5.41) is 3.25. The van der Waals surface area contributed by atoms with E-state index in [9.17, 15) is 0 Å². The Morgan fingerprint density at radius 2 is 2.20 bits per heavy atom. The van der Waals surface area contributed by atoms with Gasteiger partial charge in [0.25, 0.3) is 0 Å². The molecule has 84 valence electrons. The van der Waals surface area contributed by atoms with E-state index in [1.807, 2.05) is 0 Å². The van der Waals surface area contributed by atoms with E-state index in [1.165, 1.54) is 11.1 Å². The second-order valence-corrected chi connectivity index (χ2v) is 3.94. The van der Waals surface area contributed by atoms with Gasteiger partial charge in [-0.3, -0.25) is 0 Å². The van der Waals surface area contributed by atoms with Crippen molar-refractivity contribution in [1.82, 2.24) is 5.32 Å². The minimum Gasteiger partial charge on any atom is -0.496 e. The highest BCUT2D eigenvalue weighted by Crippen LogP contribution is 2.20. The Kier molecular flexibility index (Phi) is 5.73. The van der Waals surface area contributed by atoms with E-state index < -0.39 is 0 Å². The van der Waals surface area contributed by atoms with Crippen molar-refractivity contribution in [2.75, 3.05) is 19.1 Å². The molecule has 0 radical (unpaired) electrons. The fourth-order valence-electron chi connectivity index (χ4n) is 1.54. The summed E-state index contributed by atoms with van der Waals surface area (Å²) < 4.78 is 5.34. The summed E-state index contributed by atoms with van der Waals surface area (Å²) in [6.45, 7) is 3.14. The van der Waals surface area contributed by atoms with Gasteiger partial charge >= 0.3 is 0 Å². The predicted molar refractivity (Wildman–Crippen MR) is 67.9 cm³/mol. The lowest BCUT2D eigenvalue weighted by molar-refractivity contribution is 0.409. The first kappa shape index (κ1) is 12.5. The summed E-state index contributed by atoms with van der Waals surface area (Å²) in [4.78, 5) is 0. The van der Waals surface area contributed by atoms with E-state index in [-0.39, 0.29) is 0 Å². The van der Waals surface area contributed by atoms with Crippen LogP contribution in [0.1, 0.15) is 18.1 Å². The van der Waals surface area contributed by atoms with Crippen molar-refractivity contribution in [2.45, 2.75) is 19.8 Å². The normalized spacial score (nSPS) is 10.3. The number of benzene rings is 1. The fraction of sp³-hybridized carbons (Fsp3) is 0.500.